The lowest BCUT2D eigenvalue weighted by Gasteiger charge is -2.18. The van der Waals surface area contributed by atoms with Crippen LogP contribution < -0.4 is 5.73 Å². The molecule has 0 heterocycles. The van der Waals surface area contributed by atoms with Gasteiger partial charge < -0.3 is 10.8 Å². The maximum absolute atomic E-state index is 13.7. The van der Waals surface area contributed by atoms with Gasteiger partial charge in [0.2, 0.25) is 0 Å². The molecular weight excluding hydrogens is 229 g/mol. The number of aliphatic hydroxyl groups is 1. The molecule has 0 aliphatic carbocycles. The van der Waals surface area contributed by atoms with Crippen LogP contribution >= 0.6 is 0 Å². The van der Waals surface area contributed by atoms with Crippen LogP contribution in [0.3, 0.4) is 0 Å². The van der Waals surface area contributed by atoms with Gasteiger partial charge in [-0.05, 0) is 55.9 Å². The number of nitrogens with two attached hydrogens (primary N) is 1. The van der Waals surface area contributed by atoms with Crippen LogP contribution in [0.15, 0.2) is 12.1 Å². The molecule has 0 aliphatic heterocycles. The molecule has 0 fully saturated rings. The molecule has 0 saturated carbocycles. The summed E-state index contributed by atoms with van der Waals surface area (Å²) in [6, 6.07) is 3.22. The first-order chi connectivity index (χ1) is 8.45. The third-order valence-electron chi connectivity index (χ3n) is 3.49. The molecule has 2 unspecified atom stereocenters. The fourth-order valence-electron chi connectivity index (χ4n) is 2.08. The summed E-state index contributed by atoms with van der Waals surface area (Å²) in [6.45, 7) is 5.90. The molecule has 102 valence electrons. The van der Waals surface area contributed by atoms with Crippen LogP contribution in [0.2, 0.25) is 0 Å². The normalized spacial score (nSPS) is 14.6. The molecule has 0 bridgehead atoms. The summed E-state index contributed by atoms with van der Waals surface area (Å²) in [5.74, 6) is -0.186. The molecule has 0 aliphatic rings. The van der Waals surface area contributed by atoms with Crippen molar-refractivity contribution in [2.75, 3.05) is 0 Å². The van der Waals surface area contributed by atoms with Crippen LogP contribution in [0.1, 0.15) is 42.9 Å². The first kappa shape index (κ1) is 15.1. The van der Waals surface area contributed by atoms with E-state index in [2.05, 4.69) is 0 Å². The monoisotopic (exact) mass is 253 g/mol. The van der Waals surface area contributed by atoms with E-state index in [1.54, 1.807) is 6.07 Å². The number of halogens is 1. The van der Waals surface area contributed by atoms with Gasteiger partial charge in [0.05, 0.1) is 6.10 Å². The highest BCUT2D eigenvalue weighted by Gasteiger charge is 2.15. The van der Waals surface area contributed by atoms with E-state index >= 15 is 0 Å². The van der Waals surface area contributed by atoms with Crippen molar-refractivity contribution in [2.24, 2.45) is 5.73 Å². The Morgan fingerprint density at radius 1 is 1.22 bits per heavy atom. The fourth-order valence-corrected chi connectivity index (χ4v) is 2.08. The first-order valence-electron chi connectivity index (χ1n) is 6.65. The molecule has 1 aromatic rings. The molecule has 0 saturated heterocycles. The lowest BCUT2D eigenvalue weighted by molar-refractivity contribution is 0.130. The number of hydrogen-bond acceptors (Lipinski definition) is 2. The summed E-state index contributed by atoms with van der Waals surface area (Å²) in [5.41, 5.74) is 8.55. The van der Waals surface area contributed by atoms with E-state index in [-0.39, 0.29) is 11.9 Å². The molecule has 2 atom stereocenters. The van der Waals surface area contributed by atoms with Gasteiger partial charge in [-0.1, -0.05) is 19.4 Å². The van der Waals surface area contributed by atoms with Crippen molar-refractivity contribution in [3.8, 4) is 0 Å². The van der Waals surface area contributed by atoms with Crippen LogP contribution in [0, 0.1) is 19.7 Å². The topological polar surface area (TPSA) is 46.2 Å². The predicted octanol–water partition coefficient (Wildman–Crippen LogP) is 2.86. The van der Waals surface area contributed by atoms with Crippen LogP contribution in [-0.2, 0) is 6.42 Å². The maximum atomic E-state index is 13.7. The minimum atomic E-state index is -0.550. The van der Waals surface area contributed by atoms with Crippen molar-refractivity contribution in [1.29, 1.82) is 0 Å². The zero-order valence-corrected chi connectivity index (χ0v) is 11.5. The average molecular weight is 253 g/mol. The van der Waals surface area contributed by atoms with E-state index < -0.39 is 6.10 Å². The largest absolute Gasteiger partial charge is 0.392 e. The Hall–Kier alpha value is -0.930. The summed E-state index contributed by atoms with van der Waals surface area (Å²) in [7, 11) is 0. The van der Waals surface area contributed by atoms with E-state index in [1.165, 1.54) is 0 Å². The smallest absolute Gasteiger partial charge is 0.126 e. The number of aliphatic hydroxyl groups excluding tert-OH is 1. The Bertz CT molecular complexity index is 392. The van der Waals surface area contributed by atoms with Gasteiger partial charge in [0.1, 0.15) is 5.82 Å². The SMILES string of the molecule is CCCC(N)C(O)CCc1cc(C)c(C)cc1F. The molecular formula is C15H24FNO. The summed E-state index contributed by atoms with van der Waals surface area (Å²) in [5, 5.41) is 9.88. The van der Waals surface area contributed by atoms with Crippen LogP contribution in [0.25, 0.3) is 0 Å². The Labute approximate surface area is 109 Å². The van der Waals surface area contributed by atoms with Crippen molar-refractivity contribution >= 4 is 0 Å². The average Bonchev–Trinajstić information content (AvgIpc) is 2.32. The summed E-state index contributed by atoms with van der Waals surface area (Å²) >= 11 is 0. The van der Waals surface area contributed by atoms with E-state index in [4.69, 9.17) is 5.73 Å². The quantitative estimate of drug-likeness (QED) is 0.819. The van der Waals surface area contributed by atoms with Crippen molar-refractivity contribution < 1.29 is 9.50 Å². The molecule has 0 spiro atoms. The Kier molecular flexibility index (Phi) is 5.76. The van der Waals surface area contributed by atoms with Gasteiger partial charge in [0.25, 0.3) is 0 Å². The van der Waals surface area contributed by atoms with Gasteiger partial charge in [-0.3, -0.25) is 0 Å². The number of rotatable bonds is 6. The third-order valence-corrected chi connectivity index (χ3v) is 3.49. The zero-order valence-electron chi connectivity index (χ0n) is 11.5. The highest BCUT2D eigenvalue weighted by Crippen LogP contribution is 2.17. The molecule has 3 heteroatoms. The second-order valence-corrected chi connectivity index (χ2v) is 5.09. The summed E-state index contributed by atoms with van der Waals surface area (Å²) in [6.07, 6.45) is 2.25. The predicted molar refractivity (Wildman–Crippen MR) is 73.1 cm³/mol. The first-order valence-corrected chi connectivity index (χ1v) is 6.65. The summed E-state index contributed by atoms with van der Waals surface area (Å²) in [4.78, 5) is 0. The molecule has 1 rings (SSSR count). The number of benzene rings is 1. The molecule has 3 N–H and O–H groups in total. The van der Waals surface area contributed by atoms with Crippen molar-refractivity contribution in [1.82, 2.24) is 0 Å². The van der Waals surface area contributed by atoms with E-state index in [0.717, 1.165) is 24.0 Å². The van der Waals surface area contributed by atoms with Gasteiger partial charge in [-0.2, -0.15) is 0 Å². The Morgan fingerprint density at radius 2 is 1.83 bits per heavy atom. The molecule has 1 aromatic carbocycles. The molecule has 18 heavy (non-hydrogen) atoms. The van der Waals surface area contributed by atoms with Gasteiger partial charge in [0.15, 0.2) is 0 Å². The van der Waals surface area contributed by atoms with E-state index in [9.17, 15) is 9.50 Å². The van der Waals surface area contributed by atoms with Crippen LogP contribution in [0.5, 0.6) is 0 Å². The summed E-state index contributed by atoms with van der Waals surface area (Å²) < 4.78 is 13.7. The molecule has 0 radical (unpaired) electrons. The molecule has 2 nitrogen and oxygen atoms in total. The van der Waals surface area contributed by atoms with Crippen LogP contribution in [-0.4, -0.2) is 17.3 Å². The van der Waals surface area contributed by atoms with Gasteiger partial charge in [0, 0.05) is 6.04 Å². The standard InChI is InChI=1S/C15H24FNO/c1-4-5-14(17)15(18)7-6-12-8-10(2)11(3)9-13(12)16/h8-9,14-15,18H,4-7,17H2,1-3H3. The minimum Gasteiger partial charge on any atom is -0.392 e. The van der Waals surface area contributed by atoms with Crippen molar-refractivity contribution in [3.63, 3.8) is 0 Å². The minimum absolute atomic E-state index is 0.186. The second-order valence-electron chi connectivity index (χ2n) is 5.09. The van der Waals surface area contributed by atoms with Crippen molar-refractivity contribution in [2.45, 2.75) is 58.6 Å². The van der Waals surface area contributed by atoms with E-state index in [1.807, 2.05) is 26.8 Å². The van der Waals surface area contributed by atoms with Crippen molar-refractivity contribution in [3.05, 3.63) is 34.6 Å². The molecule has 0 aromatic heterocycles. The lowest BCUT2D eigenvalue weighted by Crippen LogP contribution is -2.34. The van der Waals surface area contributed by atoms with Gasteiger partial charge in [-0.25, -0.2) is 4.39 Å². The maximum Gasteiger partial charge on any atom is 0.126 e. The number of aryl methyl sites for hydroxylation is 3. The Morgan fingerprint density at radius 3 is 2.44 bits per heavy atom. The fraction of sp³-hybridized carbons (Fsp3) is 0.600. The molecule has 0 amide bonds. The highest BCUT2D eigenvalue weighted by atomic mass is 19.1. The Balaban J connectivity index is 2.61. The third kappa shape index (κ3) is 4.07. The van der Waals surface area contributed by atoms with E-state index in [0.29, 0.717) is 18.4 Å². The van der Waals surface area contributed by atoms with Gasteiger partial charge in [-0.15, -0.1) is 0 Å². The van der Waals surface area contributed by atoms with Gasteiger partial charge >= 0.3 is 0 Å². The highest BCUT2D eigenvalue weighted by molar-refractivity contribution is 5.31. The van der Waals surface area contributed by atoms with Crippen LogP contribution in [0.4, 0.5) is 4.39 Å². The zero-order chi connectivity index (χ0) is 13.7. The second kappa shape index (κ2) is 6.86. The lowest BCUT2D eigenvalue weighted by atomic mass is 9.97. The number of hydrogen-bond donors (Lipinski definition) is 2.